The topological polar surface area (TPSA) is 86.7 Å². The van der Waals surface area contributed by atoms with E-state index in [2.05, 4.69) is 0 Å². The van der Waals surface area contributed by atoms with Crippen LogP contribution >= 0.6 is 11.6 Å². The third-order valence-corrected chi connectivity index (χ3v) is 8.01. The first-order chi connectivity index (χ1) is 21.0. The molecule has 1 amide bonds. The van der Waals surface area contributed by atoms with Crippen LogP contribution in [0.15, 0.2) is 78.9 Å². The van der Waals surface area contributed by atoms with Crippen LogP contribution in [0.1, 0.15) is 29.9 Å². The number of methoxy groups -OCH3 is 2. The van der Waals surface area contributed by atoms with Crippen LogP contribution in [0, 0.1) is 0 Å². The highest BCUT2D eigenvalue weighted by atomic mass is 35.5. The highest BCUT2D eigenvalue weighted by molar-refractivity contribution is 6.32. The number of carboxylic acid groups (broad SMARTS) is 1. The predicted molar refractivity (Wildman–Crippen MR) is 166 cm³/mol. The summed E-state index contributed by atoms with van der Waals surface area (Å²) in [6.45, 7) is 1.96. The van der Waals surface area contributed by atoms with Crippen LogP contribution < -0.4 is 18.9 Å². The monoisotopic (exact) mass is 605 g/mol. The number of halogens is 1. The normalized spacial score (nSPS) is 16.6. The van der Waals surface area contributed by atoms with Gasteiger partial charge in [0, 0.05) is 35.2 Å². The van der Waals surface area contributed by atoms with E-state index in [4.69, 9.17) is 35.3 Å². The Balaban J connectivity index is 1.24. The van der Waals surface area contributed by atoms with Gasteiger partial charge in [0.15, 0.2) is 0 Å². The van der Waals surface area contributed by atoms with Crippen molar-refractivity contribution in [3.8, 4) is 23.0 Å². The SMILES string of the molecule is COc1cc(COC2CN(C(=O)O)CCC2c2ccc(OCCCOc3ccccc3Cl)cc2)c(OC)c2ccccc12. The number of fused-ring (bicyclic) bond motifs is 1. The zero-order chi connectivity index (χ0) is 30.2. The van der Waals surface area contributed by atoms with Gasteiger partial charge in [-0.25, -0.2) is 4.79 Å². The summed E-state index contributed by atoms with van der Waals surface area (Å²) in [7, 11) is 3.28. The van der Waals surface area contributed by atoms with Crippen molar-refractivity contribution >= 4 is 28.5 Å². The molecule has 4 aromatic carbocycles. The van der Waals surface area contributed by atoms with Gasteiger partial charge in [-0.3, -0.25) is 0 Å². The van der Waals surface area contributed by atoms with Crippen LogP contribution in [0.3, 0.4) is 0 Å². The van der Waals surface area contributed by atoms with Crippen molar-refractivity contribution < 1.29 is 33.6 Å². The number of carbonyl (C=O) groups is 1. The highest BCUT2D eigenvalue weighted by Gasteiger charge is 2.33. The van der Waals surface area contributed by atoms with Gasteiger partial charge in [0.05, 0.1) is 51.7 Å². The summed E-state index contributed by atoms with van der Waals surface area (Å²) in [5.74, 6) is 2.89. The van der Waals surface area contributed by atoms with Gasteiger partial charge in [-0.05, 0) is 42.3 Å². The third-order valence-electron chi connectivity index (χ3n) is 7.70. The number of para-hydroxylation sites is 1. The van der Waals surface area contributed by atoms with Crippen molar-refractivity contribution in [3.63, 3.8) is 0 Å². The van der Waals surface area contributed by atoms with E-state index in [0.29, 0.717) is 43.4 Å². The fraction of sp³-hybridized carbons (Fsp3) is 0.324. The summed E-state index contributed by atoms with van der Waals surface area (Å²) >= 11 is 6.14. The Hall–Kier alpha value is -4.14. The molecule has 0 aliphatic carbocycles. The lowest BCUT2D eigenvalue weighted by atomic mass is 9.87. The van der Waals surface area contributed by atoms with Gasteiger partial charge in [-0.15, -0.1) is 0 Å². The van der Waals surface area contributed by atoms with Gasteiger partial charge in [0.25, 0.3) is 0 Å². The first-order valence-electron chi connectivity index (χ1n) is 14.3. The van der Waals surface area contributed by atoms with Crippen LogP contribution in [0.5, 0.6) is 23.0 Å². The van der Waals surface area contributed by atoms with Crippen molar-refractivity contribution in [1.82, 2.24) is 4.90 Å². The maximum absolute atomic E-state index is 11.8. The second-order valence-electron chi connectivity index (χ2n) is 10.3. The molecule has 1 saturated heterocycles. The van der Waals surface area contributed by atoms with E-state index in [1.807, 2.05) is 72.8 Å². The molecule has 1 heterocycles. The lowest BCUT2D eigenvalue weighted by molar-refractivity contribution is -0.0204. The summed E-state index contributed by atoms with van der Waals surface area (Å²) in [6, 6.07) is 25.2. The summed E-state index contributed by atoms with van der Waals surface area (Å²) in [4.78, 5) is 13.3. The molecule has 1 fully saturated rings. The van der Waals surface area contributed by atoms with Gasteiger partial charge < -0.3 is 33.7 Å². The van der Waals surface area contributed by atoms with Crippen molar-refractivity contribution in [2.24, 2.45) is 0 Å². The van der Waals surface area contributed by atoms with Gasteiger partial charge in [0.1, 0.15) is 23.0 Å². The highest BCUT2D eigenvalue weighted by Crippen LogP contribution is 2.38. The minimum absolute atomic E-state index is 0.0158. The molecule has 1 N–H and O–H groups in total. The van der Waals surface area contributed by atoms with Crippen molar-refractivity contribution in [2.75, 3.05) is 40.5 Å². The molecule has 5 rings (SSSR count). The van der Waals surface area contributed by atoms with Crippen molar-refractivity contribution in [2.45, 2.75) is 31.5 Å². The van der Waals surface area contributed by atoms with Gasteiger partial charge in [-0.2, -0.15) is 0 Å². The van der Waals surface area contributed by atoms with E-state index < -0.39 is 6.09 Å². The molecular weight excluding hydrogens is 570 g/mol. The second kappa shape index (κ2) is 14.4. The summed E-state index contributed by atoms with van der Waals surface area (Å²) in [5.41, 5.74) is 1.92. The van der Waals surface area contributed by atoms with E-state index in [-0.39, 0.29) is 25.2 Å². The standard InChI is InChI=1S/C34H36ClNO7/c1-39-31-20-24(33(40-2)28-9-4-3-8-27(28)31)22-43-32-21-36(34(37)38)17-16-26(32)23-12-14-25(15-13-23)41-18-7-19-42-30-11-6-5-10-29(30)35/h3-6,8-15,20,26,32H,7,16-19,21-22H2,1-2H3,(H,37,38). The van der Waals surface area contributed by atoms with E-state index >= 15 is 0 Å². The maximum atomic E-state index is 11.8. The Morgan fingerprint density at radius 1 is 0.907 bits per heavy atom. The molecule has 0 radical (unpaired) electrons. The smallest absolute Gasteiger partial charge is 0.407 e. The predicted octanol–water partition coefficient (Wildman–Crippen LogP) is 7.41. The lowest BCUT2D eigenvalue weighted by Gasteiger charge is -2.37. The number of benzene rings is 4. The molecule has 4 aromatic rings. The van der Waals surface area contributed by atoms with Crippen LogP contribution in [-0.2, 0) is 11.3 Å². The quantitative estimate of drug-likeness (QED) is 0.168. The number of ether oxygens (including phenoxy) is 5. The molecule has 2 atom stereocenters. The van der Waals surface area contributed by atoms with E-state index in [9.17, 15) is 9.90 Å². The largest absolute Gasteiger partial charge is 0.496 e. The Kier molecular flexibility index (Phi) is 10.1. The van der Waals surface area contributed by atoms with Crippen LogP contribution in [0.25, 0.3) is 10.8 Å². The molecular formula is C34H36ClNO7. The first kappa shape index (κ1) is 30.3. The number of piperidine rings is 1. The number of nitrogens with zero attached hydrogens (tertiary/aromatic N) is 1. The molecule has 0 bridgehead atoms. The molecule has 0 spiro atoms. The molecule has 8 nitrogen and oxygen atoms in total. The number of likely N-dealkylation sites (tertiary alicyclic amines) is 1. The van der Waals surface area contributed by atoms with Gasteiger partial charge >= 0.3 is 6.09 Å². The fourth-order valence-corrected chi connectivity index (χ4v) is 5.72. The summed E-state index contributed by atoms with van der Waals surface area (Å²) in [6.07, 6.45) is 0.0638. The van der Waals surface area contributed by atoms with Crippen molar-refractivity contribution in [3.05, 3.63) is 95.0 Å². The minimum Gasteiger partial charge on any atom is -0.496 e. The molecule has 2 unspecified atom stereocenters. The number of rotatable bonds is 12. The zero-order valence-electron chi connectivity index (χ0n) is 24.3. The minimum atomic E-state index is -0.945. The molecule has 1 aliphatic rings. The number of hydrogen-bond acceptors (Lipinski definition) is 6. The summed E-state index contributed by atoms with van der Waals surface area (Å²) < 4.78 is 29.6. The fourth-order valence-electron chi connectivity index (χ4n) is 5.53. The molecule has 226 valence electrons. The summed E-state index contributed by atoms with van der Waals surface area (Å²) in [5, 5.41) is 12.2. The third kappa shape index (κ3) is 7.27. The van der Waals surface area contributed by atoms with Crippen LogP contribution in [-0.4, -0.2) is 62.7 Å². The average molecular weight is 606 g/mol. The molecule has 0 saturated carbocycles. The zero-order valence-corrected chi connectivity index (χ0v) is 25.1. The molecule has 9 heteroatoms. The maximum Gasteiger partial charge on any atom is 0.407 e. The van der Waals surface area contributed by atoms with Crippen LogP contribution in [0.4, 0.5) is 4.79 Å². The van der Waals surface area contributed by atoms with Gasteiger partial charge in [0.2, 0.25) is 0 Å². The van der Waals surface area contributed by atoms with E-state index in [0.717, 1.165) is 39.1 Å². The molecule has 1 aliphatic heterocycles. The Labute approximate surface area is 256 Å². The van der Waals surface area contributed by atoms with Crippen LogP contribution in [0.2, 0.25) is 5.02 Å². The van der Waals surface area contributed by atoms with E-state index in [1.54, 1.807) is 20.3 Å². The lowest BCUT2D eigenvalue weighted by Crippen LogP contribution is -2.46. The number of hydrogen-bond donors (Lipinski definition) is 1. The van der Waals surface area contributed by atoms with Gasteiger partial charge in [-0.1, -0.05) is 60.1 Å². The average Bonchev–Trinajstić information content (AvgIpc) is 3.04. The Bertz CT molecular complexity index is 1530. The van der Waals surface area contributed by atoms with Crippen molar-refractivity contribution in [1.29, 1.82) is 0 Å². The first-order valence-corrected chi connectivity index (χ1v) is 14.7. The van der Waals surface area contributed by atoms with E-state index in [1.165, 1.54) is 4.90 Å². The Morgan fingerprint density at radius 2 is 1.63 bits per heavy atom. The Morgan fingerprint density at radius 3 is 2.35 bits per heavy atom. The second-order valence-corrected chi connectivity index (χ2v) is 10.7. The number of amides is 1. The molecule has 43 heavy (non-hydrogen) atoms. The molecule has 0 aromatic heterocycles.